The number of hydrogen-bond donors (Lipinski definition) is 2. The van der Waals surface area contributed by atoms with Gasteiger partial charge in [-0.2, -0.15) is 0 Å². The molecule has 0 radical (unpaired) electrons. The third kappa shape index (κ3) is 2.69. The zero-order valence-corrected chi connectivity index (χ0v) is 15.5. The zero-order chi connectivity index (χ0) is 19.1. The number of ether oxygens (including phenoxy) is 1. The fraction of sp³-hybridized carbons (Fsp3) is 0.500. The van der Waals surface area contributed by atoms with Gasteiger partial charge in [0.05, 0.1) is 12.0 Å². The Hall–Kier alpha value is -2.34. The highest BCUT2D eigenvalue weighted by atomic mass is 16.5. The lowest BCUT2D eigenvalue weighted by Gasteiger charge is -2.58. The van der Waals surface area contributed by atoms with Gasteiger partial charge in [0.1, 0.15) is 16.9 Å². The van der Waals surface area contributed by atoms with Crippen LogP contribution in [0.2, 0.25) is 0 Å². The summed E-state index contributed by atoms with van der Waals surface area (Å²) in [5, 5.41) is 13.5. The molecule has 140 valence electrons. The minimum atomic E-state index is -1.34. The number of aliphatic carboxylic acids is 1. The van der Waals surface area contributed by atoms with E-state index in [1.54, 1.807) is 6.92 Å². The second kappa shape index (κ2) is 6.43. The molecule has 1 heterocycles. The zero-order valence-electron chi connectivity index (χ0n) is 15.5. The summed E-state index contributed by atoms with van der Waals surface area (Å²) in [6, 6.07) is 9.33. The van der Waals surface area contributed by atoms with Crippen LogP contribution in [0.5, 0.6) is 0 Å². The number of furan rings is 1. The van der Waals surface area contributed by atoms with E-state index in [0.29, 0.717) is 18.0 Å². The normalized spacial score (nSPS) is 25.5. The second-order valence-electron chi connectivity index (χ2n) is 7.48. The van der Waals surface area contributed by atoms with Crippen LogP contribution in [-0.2, 0) is 14.3 Å². The number of carboxylic acids is 1. The molecule has 1 fully saturated rings. The van der Waals surface area contributed by atoms with Crippen molar-refractivity contribution in [3.8, 4) is 0 Å². The third-order valence-electron chi connectivity index (χ3n) is 5.73. The summed E-state index contributed by atoms with van der Waals surface area (Å²) in [5.41, 5.74) is -1.35. The number of rotatable bonds is 6. The highest BCUT2D eigenvalue weighted by Crippen LogP contribution is 2.51. The van der Waals surface area contributed by atoms with E-state index in [9.17, 15) is 14.7 Å². The molecule has 1 saturated carbocycles. The van der Waals surface area contributed by atoms with Crippen LogP contribution in [0.1, 0.15) is 45.8 Å². The van der Waals surface area contributed by atoms with Crippen molar-refractivity contribution in [2.45, 2.75) is 51.7 Å². The van der Waals surface area contributed by atoms with Crippen molar-refractivity contribution in [2.75, 3.05) is 6.61 Å². The first kappa shape index (κ1) is 18.5. The Balaban J connectivity index is 1.81. The fourth-order valence-electron chi connectivity index (χ4n) is 3.70. The average molecular weight is 359 g/mol. The van der Waals surface area contributed by atoms with Crippen LogP contribution in [0, 0.1) is 5.41 Å². The number of fused-ring (bicyclic) bond motifs is 1. The van der Waals surface area contributed by atoms with Crippen molar-refractivity contribution in [1.29, 1.82) is 0 Å². The largest absolute Gasteiger partial charge is 0.479 e. The van der Waals surface area contributed by atoms with E-state index in [0.717, 1.165) is 5.39 Å². The predicted molar refractivity (Wildman–Crippen MR) is 97.0 cm³/mol. The lowest BCUT2D eigenvalue weighted by Crippen LogP contribution is -2.76. The summed E-state index contributed by atoms with van der Waals surface area (Å²) in [6.45, 7) is 7.73. The molecular formula is C20H25NO5. The molecule has 6 nitrogen and oxygen atoms in total. The smallest absolute Gasteiger partial charge is 0.330 e. The Bertz CT molecular complexity index is 807. The second-order valence-corrected chi connectivity index (χ2v) is 7.48. The van der Waals surface area contributed by atoms with Gasteiger partial charge in [-0.3, -0.25) is 4.79 Å². The molecule has 3 rings (SSSR count). The number of carboxylic acid groups (broad SMARTS) is 1. The molecule has 1 aliphatic rings. The first-order chi connectivity index (χ1) is 12.2. The molecule has 0 spiro atoms. The Morgan fingerprint density at radius 2 is 2.08 bits per heavy atom. The van der Waals surface area contributed by atoms with Crippen LogP contribution >= 0.6 is 0 Å². The van der Waals surface area contributed by atoms with Crippen molar-refractivity contribution < 1.29 is 23.8 Å². The molecule has 2 N–H and O–H groups in total. The molecule has 1 aromatic heterocycles. The van der Waals surface area contributed by atoms with Gasteiger partial charge in [-0.25, -0.2) is 4.79 Å². The van der Waals surface area contributed by atoms with Crippen LogP contribution in [0.3, 0.4) is 0 Å². The highest BCUT2D eigenvalue weighted by molar-refractivity contribution is 5.92. The SMILES string of the molecule is CCOC1CC(NC(=O)C(C)c2cc3ccccc3o2)(C(=O)O)C1(C)C. The maximum Gasteiger partial charge on any atom is 0.330 e. The van der Waals surface area contributed by atoms with Crippen LogP contribution in [0.25, 0.3) is 11.0 Å². The van der Waals surface area contributed by atoms with Crippen molar-refractivity contribution >= 4 is 22.8 Å². The summed E-state index contributed by atoms with van der Waals surface area (Å²) in [6.07, 6.45) is 0.0484. The van der Waals surface area contributed by atoms with Gasteiger partial charge in [0, 0.05) is 23.8 Å². The van der Waals surface area contributed by atoms with Gasteiger partial charge in [0.15, 0.2) is 0 Å². The van der Waals surface area contributed by atoms with Gasteiger partial charge in [-0.05, 0) is 26.0 Å². The quantitative estimate of drug-likeness (QED) is 0.826. The van der Waals surface area contributed by atoms with Crippen molar-refractivity contribution in [3.63, 3.8) is 0 Å². The Morgan fingerprint density at radius 3 is 2.65 bits per heavy atom. The first-order valence-electron chi connectivity index (χ1n) is 8.88. The number of carbonyl (C=O) groups is 2. The van der Waals surface area contributed by atoms with E-state index >= 15 is 0 Å². The Kier molecular flexibility index (Phi) is 4.56. The van der Waals surface area contributed by atoms with Crippen LogP contribution in [0.15, 0.2) is 34.7 Å². The summed E-state index contributed by atoms with van der Waals surface area (Å²) in [5.74, 6) is -1.48. The number of benzene rings is 1. The predicted octanol–water partition coefficient (Wildman–Crippen LogP) is 3.31. The molecule has 3 atom stereocenters. The molecule has 2 aromatic rings. The maximum atomic E-state index is 12.8. The number of para-hydroxylation sites is 1. The number of hydrogen-bond acceptors (Lipinski definition) is 4. The summed E-state index contributed by atoms with van der Waals surface area (Å²) < 4.78 is 11.4. The molecule has 0 bridgehead atoms. The average Bonchev–Trinajstić information content (AvgIpc) is 3.03. The minimum absolute atomic E-state index is 0.203. The lowest BCUT2D eigenvalue weighted by molar-refractivity contribution is -0.194. The van der Waals surface area contributed by atoms with Gasteiger partial charge in [-0.15, -0.1) is 0 Å². The monoisotopic (exact) mass is 359 g/mol. The maximum absolute atomic E-state index is 12.8. The molecular weight excluding hydrogens is 334 g/mol. The molecule has 3 unspecified atom stereocenters. The van der Waals surface area contributed by atoms with Crippen molar-refractivity contribution in [2.24, 2.45) is 5.41 Å². The van der Waals surface area contributed by atoms with E-state index in [2.05, 4.69) is 5.32 Å². The third-order valence-corrected chi connectivity index (χ3v) is 5.73. The first-order valence-corrected chi connectivity index (χ1v) is 8.88. The Morgan fingerprint density at radius 1 is 1.38 bits per heavy atom. The molecule has 1 aliphatic carbocycles. The van der Waals surface area contributed by atoms with E-state index in [4.69, 9.17) is 9.15 Å². The molecule has 26 heavy (non-hydrogen) atoms. The Labute approximate surface area is 152 Å². The summed E-state index contributed by atoms with van der Waals surface area (Å²) in [4.78, 5) is 24.8. The van der Waals surface area contributed by atoms with Crippen molar-refractivity contribution in [3.05, 3.63) is 36.1 Å². The molecule has 0 aliphatic heterocycles. The number of carbonyl (C=O) groups excluding carboxylic acids is 1. The van der Waals surface area contributed by atoms with Crippen molar-refractivity contribution in [1.82, 2.24) is 5.32 Å². The summed E-state index contributed by atoms with van der Waals surface area (Å²) >= 11 is 0. The lowest BCUT2D eigenvalue weighted by atomic mass is 9.54. The van der Waals surface area contributed by atoms with Gasteiger partial charge >= 0.3 is 5.97 Å². The van der Waals surface area contributed by atoms with E-state index in [1.165, 1.54) is 0 Å². The fourth-order valence-corrected chi connectivity index (χ4v) is 3.70. The van der Waals surface area contributed by atoms with Crippen LogP contribution in [-0.4, -0.2) is 35.2 Å². The molecule has 6 heteroatoms. The summed E-state index contributed by atoms with van der Waals surface area (Å²) in [7, 11) is 0. The van der Waals surface area contributed by atoms with E-state index in [1.807, 2.05) is 51.1 Å². The molecule has 0 saturated heterocycles. The minimum Gasteiger partial charge on any atom is -0.479 e. The molecule has 1 amide bonds. The van der Waals surface area contributed by atoms with E-state index in [-0.39, 0.29) is 18.4 Å². The van der Waals surface area contributed by atoms with Crippen LogP contribution < -0.4 is 5.32 Å². The molecule has 1 aromatic carbocycles. The van der Waals surface area contributed by atoms with Gasteiger partial charge in [0.2, 0.25) is 5.91 Å². The van der Waals surface area contributed by atoms with Gasteiger partial charge < -0.3 is 19.6 Å². The van der Waals surface area contributed by atoms with Gasteiger partial charge in [-0.1, -0.05) is 32.0 Å². The topological polar surface area (TPSA) is 88.8 Å². The standard InChI is InChI=1S/C20H25NO5/c1-5-25-16-11-20(18(23)24,19(16,3)4)21-17(22)12(2)15-10-13-8-6-7-9-14(13)26-15/h6-10,12,16H,5,11H2,1-4H3,(H,21,22)(H,23,24). The number of nitrogens with one attached hydrogen (secondary N) is 1. The van der Waals surface area contributed by atoms with Gasteiger partial charge in [0.25, 0.3) is 0 Å². The van der Waals surface area contributed by atoms with E-state index < -0.39 is 22.8 Å². The van der Waals surface area contributed by atoms with Crippen LogP contribution in [0.4, 0.5) is 0 Å². The number of amides is 1. The highest BCUT2D eigenvalue weighted by Gasteiger charge is 2.66.